The molecule has 1 aliphatic carbocycles. The molecule has 0 radical (unpaired) electrons. The summed E-state index contributed by atoms with van der Waals surface area (Å²) in [6.07, 6.45) is 3.23. The third kappa shape index (κ3) is 1.71. The Hall–Kier alpha value is -0.410. The molecule has 2 rings (SSSR count). The van der Waals surface area contributed by atoms with Crippen molar-refractivity contribution in [3.63, 3.8) is 0 Å². The Labute approximate surface area is 91.6 Å². The van der Waals surface area contributed by atoms with E-state index in [4.69, 9.17) is 5.73 Å². The third-order valence-corrected chi connectivity index (χ3v) is 3.51. The number of nitrogens with two attached hydrogens (primary N) is 1. The fourth-order valence-electron chi connectivity index (χ4n) is 2.14. The van der Waals surface area contributed by atoms with E-state index in [0.29, 0.717) is 16.9 Å². The summed E-state index contributed by atoms with van der Waals surface area (Å²) in [6, 6.07) is 3.53. The minimum Gasteiger partial charge on any atom is -0.330 e. The predicted molar refractivity (Wildman–Crippen MR) is 58.8 cm³/mol. The Morgan fingerprint density at radius 3 is 3.00 bits per heavy atom. The van der Waals surface area contributed by atoms with Gasteiger partial charge in [0.1, 0.15) is 5.82 Å². The zero-order valence-corrected chi connectivity index (χ0v) is 9.48. The maximum absolute atomic E-state index is 13.3. The van der Waals surface area contributed by atoms with E-state index in [1.165, 1.54) is 5.56 Å². The van der Waals surface area contributed by atoms with Gasteiger partial charge in [-0.3, -0.25) is 0 Å². The summed E-state index contributed by atoms with van der Waals surface area (Å²) in [5, 5.41) is 0. The van der Waals surface area contributed by atoms with Crippen LogP contribution in [0.1, 0.15) is 29.9 Å². The van der Waals surface area contributed by atoms with Gasteiger partial charge in [-0.1, -0.05) is 0 Å². The van der Waals surface area contributed by atoms with Gasteiger partial charge >= 0.3 is 0 Å². The fraction of sp³-hybridized carbons (Fsp3) is 0.455. The van der Waals surface area contributed by atoms with E-state index in [1.807, 2.05) is 6.07 Å². The van der Waals surface area contributed by atoms with E-state index in [9.17, 15) is 4.39 Å². The maximum atomic E-state index is 13.3. The molecule has 0 fully saturated rings. The number of rotatable bonds is 1. The molecule has 1 aliphatic rings. The second kappa shape index (κ2) is 3.99. The Kier molecular flexibility index (Phi) is 2.88. The van der Waals surface area contributed by atoms with Crippen LogP contribution in [-0.2, 0) is 6.42 Å². The van der Waals surface area contributed by atoms with Crippen molar-refractivity contribution in [1.82, 2.24) is 0 Å². The first-order chi connectivity index (χ1) is 6.72. The van der Waals surface area contributed by atoms with Crippen LogP contribution in [0, 0.1) is 5.82 Å². The quantitative estimate of drug-likeness (QED) is 0.823. The van der Waals surface area contributed by atoms with Crippen LogP contribution in [0.4, 0.5) is 4.39 Å². The molecular weight excluding hydrogens is 245 g/mol. The molecule has 0 aliphatic heterocycles. The molecule has 0 aromatic heterocycles. The topological polar surface area (TPSA) is 26.0 Å². The summed E-state index contributed by atoms with van der Waals surface area (Å²) in [5.74, 6) is 0.247. The minimum absolute atomic E-state index is 0.165. The van der Waals surface area contributed by atoms with Crippen molar-refractivity contribution in [3.05, 3.63) is 33.5 Å². The van der Waals surface area contributed by atoms with E-state index in [2.05, 4.69) is 15.9 Å². The second-order valence-corrected chi connectivity index (χ2v) is 4.64. The van der Waals surface area contributed by atoms with E-state index in [-0.39, 0.29) is 5.82 Å². The molecule has 0 saturated heterocycles. The summed E-state index contributed by atoms with van der Waals surface area (Å²) >= 11 is 3.22. The number of aryl methyl sites for hydroxylation is 1. The molecule has 1 aromatic rings. The van der Waals surface area contributed by atoms with Crippen molar-refractivity contribution in [2.75, 3.05) is 6.54 Å². The van der Waals surface area contributed by atoms with Crippen LogP contribution < -0.4 is 5.73 Å². The Balaban J connectivity index is 2.47. The van der Waals surface area contributed by atoms with Crippen LogP contribution in [-0.4, -0.2) is 6.54 Å². The molecule has 0 amide bonds. The molecule has 14 heavy (non-hydrogen) atoms. The molecule has 0 spiro atoms. The lowest BCUT2D eigenvalue weighted by molar-refractivity contribution is 0.550. The molecule has 0 heterocycles. The molecule has 1 nitrogen and oxygen atoms in total. The van der Waals surface area contributed by atoms with Crippen LogP contribution in [0.25, 0.3) is 0 Å². The monoisotopic (exact) mass is 257 g/mol. The fourth-order valence-corrected chi connectivity index (χ4v) is 2.50. The summed E-state index contributed by atoms with van der Waals surface area (Å²) in [4.78, 5) is 0. The van der Waals surface area contributed by atoms with Gasteiger partial charge in [-0.15, -0.1) is 0 Å². The van der Waals surface area contributed by atoms with Crippen LogP contribution >= 0.6 is 15.9 Å². The zero-order valence-electron chi connectivity index (χ0n) is 7.89. The SMILES string of the molecule is NCC1CCCc2cc(F)c(Br)cc21. The van der Waals surface area contributed by atoms with Gasteiger partial charge in [-0.25, -0.2) is 4.39 Å². The van der Waals surface area contributed by atoms with Crippen molar-refractivity contribution in [2.45, 2.75) is 25.2 Å². The van der Waals surface area contributed by atoms with Gasteiger partial charge in [0, 0.05) is 0 Å². The summed E-state index contributed by atoms with van der Waals surface area (Å²) in [7, 11) is 0. The van der Waals surface area contributed by atoms with Gasteiger partial charge < -0.3 is 5.73 Å². The molecule has 76 valence electrons. The van der Waals surface area contributed by atoms with E-state index >= 15 is 0 Å². The lowest BCUT2D eigenvalue weighted by Gasteiger charge is -2.24. The van der Waals surface area contributed by atoms with Gasteiger partial charge in [-0.2, -0.15) is 0 Å². The summed E-state index contributed by atoms with van der Waals surface area (Å²) < 4.78 is 13.8. The standard InChI is InChI=1S/C11H13BrFN/c12-10-5-9-7(4-11(10)13)2-1-3-8(9)6-14/h4-5,8H,1-3,6,14H2. The number of hydrogen-bond acceptors (Lipinski definition) is 1. The van der Waals surface area contributed by atoms with E-state index in [0.717, 1.165) is 24.8 Å². The Bertz CT molecular complexity index is 351. The van der Waals surface area contributed by atoms with Crippen molar-refractivity contribution in [2.24, 2.45) is 5.73 Å². The summed E-state index contributed by atoms with van der Waals surface area (Å²) in [5.41, 5.74) is 8.06. The molecule has 0 saturated carbocycles. The van der Waals surface area contributed by atoms with E-state index in [1.54, 1.807) is 6.07 Å². The first kappa shape index (κ1) is 10.1. The maximum Gasteiger partial charge on any atom is 0.137 e. The van der Waals surface area contributed by atoms with E-state index < -0.39 is 0 Å². The summed E-state index contributed by atoms with van der Waals surface area (Å²) in [6.45, 7) is 0.658. The van der Waals surface area contributed by atoms with Crippen LogP contribution in [0.15, 0.2) is 16.6 Å². The van der Waals surface area contributed by atoms with Gasteiger partial charge in [0.05, 0.1) is 4.47 Å². The smallest absolute Gasteiger partial charge is 0.137 e. The molecule has 0 bridgehead atoms. The normalized spacial score (nSPS) is 20.6. The second-order valence-electron chi connectivity index (χ2n) is 3.79. The largest absolute Gasteiger partial charge is 0.330 e. The van der Waals surface area contributed by atoms with Crippen molar-refractivity contribution in [1.29, 1.82) is 0 Å². The van der Waals surface area contributed by atoms with Gasteiger partial charge in [0.25, 0.3) is 0 Å². The van der Waals surface area contributed by atoms with Crippen molar-refractivity contribution < 1.29 is 4.39 Å². The van der Waals surface area contributed by atoms with Gasteiger partial charge in [-0.05, 0) is 70.9 Å². The number of benzene rings is 1. The molecule has 1 atom stereocenters. The zero-order chi connectivity index (χ0) is 10.1. The van der Waals surface area contributed by atoms with Crippen LogP contribution in [0.5, 0.6) is 0 Å². The number of hydrogen-bond donors (Lipinski definition) is 1. The number of halogens is 2. The highest BCUT2D eigenvalue weighted by atomic mass is 79.9. The number of fused-ring (bicyclic) bond motifs is 1. The Morgan fingerprint density at radius 2 is 2.29 bits per heavy atom. The highest BCUT2D eigenvalue weighted by Gasteiger charge is 2.20. The first-order valence-corrected chi connectivity index (χ1v) is 5.69. The first-order valence-electron chi connectivity index (χ1n) is 4.90. The lowest BCUT2D eigenvalue weighted by atomic mass is 9.83. The molecule has 1 aromatic carbocycles. The van der Waals surface area contributed by atoms with Crippen molar-refractivity contribution in [3.8, 4) is 0 Å². The highest BCUT2D eigenvalue weighted by molar-refractivity contribution is 9.10. The van der Waals surface area contributed by atoms with Crippen LogP contribution in [0.3, 0.4) is 0 Å². The predicted octanol–water partition coefficient (Wildman–Crippen LogP) is 2.97. The van der Waals surface area contributed by atoms with Crippen molar-refractivity contribution >= 4 is 15.9 Å². The third-order valence-electron chi connectivity index (χ3n) is 2.91. The minimum atomic E-state index is -0.165. The molecular formula is C11H13BrFN. The highest BCUT2D eigenvalue weighted by Crippen LogP contribution is 2.33. The molecule has 1 unspecified atom stereocenters. The van der Waals surface area contributed by atoms with Gasteiger partial charge in [0.2, 0.25) is 0 Å². The molecule has 2 N–H and O–H groups in total. The average Bonchev–Trinajstić information content (AvgIpc) is 2.19. The van der Waals surface area contributed by atoms with Gasteiger partial charge in [0.15, 0.2) is 0 Å². The Morgan fingerprint density at radius 1 is 1.50 bits per heavy atom. The van der Waals surface area contributed by atoms with Crippen LogP contribution in [0.2, 0.25) is 0 Å². The lowest BCUT2D eigenvalue weighted by Crippen LogP contribution is -2.18. The molecule has 3 heteroatoms. The average molecular weight is 258 g/mol.